The lowest BCUT2D eigenvalue weighted by molar-refractivity contribution is -0.147. The number of ketones is 1. The Balaban J connectivity index is 2.65. The largest absolute Gasteiger partial charge is 0.497 e. The molecule has 23 heavy (non-hydrogen) atoms. The Bertz CT molecular complexity index is 652. The first-order valence-electron chi connectivity index (χ1n) is 7.46. The van der Waals surface area contributed by atoms with Gasteiger partial charge in [0.1, 0.15) is 5.75 Å². The maximum atomic E-state index is 13.1. The van der Waals surface area contributed by atoms with Gasteiger partial charge in [0.05, 0.1) is 13.7 Å². The van der Waals surface area contributed by atoms with Crippen molar-refractivity contribution in [2.75, 3.05) is 25.2 Å². The molecule has 0 saturated carbocycles. The average molecular weight is 315 g/mol. The highest BCUT2D eigenvalue weighted by Crippen LogP contribution is 2.43. The zero-order valence-electron chi connectivity index (χ0n) is 13.5. The van der Waals surface area contributed by atoms with Gasteiger partial charge in [-0.05, 0) is 25.1 Å². The molecule has 0 saturated heterocycles. The minimum atomic E-state index is -1.43. The van der Waals surface area contributed by atoms with E-state index in [2.05, 4.69) is 13.2 Å². The predicted octanol–water partition coefficient (Wildman–Crippen LogP) is 2.76. The van der Waals surface area contributed by atoms with E-state index in [4.69, 9.17) is 9.47 Å². The smallest absolute Gasteiger partial charge is 0.340 e. The van der Waals surface area contributed by atoms with Gasteiger partial charge in [-0.25, -0.2) is 4.79 Å². The molecule has 0 amide bonds. The number of methoxy groups -OCH3 is 1. The van der Waals surface area contributed by atoms with E-state index in [1.165, 1.54) is 7.11 Å². The van der Waals surface area contributed by atoms with Gasteiger partial charge in [0.15, 0.2) is 0 Å². The Kier molecular flexibility index (Phi) is 4.89. The number of nitrogens with zero attached hydrogens (tertiary/aromatic N) is 1. The van der Waals surface area contributed by atoms with Gasteiger partial charge in [0.25, 0.3) is 0 Å². The molecule has 0 aromatic heterocycles. The van der Waals surface area contributed by atoms with Crippen LogP contribution in [-0.2, 0) is 9.53 Å². The number of carbonyl (C=O) groups excluding carboxylic acids is 2. The number of hydrogen-bond acceptors (Lipinski definition) is 5. The number of fused-ring (bicyclic) bond motifs is 1. The molecule has 2 rings (SSSR count). The third-order valence-corrected chi connectivity index (χ3v) is 3.94. The summed E-state index contributed by atoms with van der Waals surface area (Å²) < 4.78 is 10.4. The van der Waals surface area contributed by atoms with Crippen LogP contribution in [0.2, 0.25) is 0 Å². The number of benzene rings is 1. The maximum absolute atomic E-state index is 13.1. The monoisotopic (exact) mass is 315 g/mol. The van der Waals surface area contributed by atoms with Crippen molar-refractivity contribution in [1.29, 1.82) is 0 Å². The van der Waals surface area contributed by atoms with E-state index in [1.807, 2.05) is 0 Å². The Morgan fingerprint density at radius 1 is 1.35 bits per heavy atom. The van der Waals surface area contributed by atoms with E-state index < -0.39 is 11.5 Å². The van der Waals surface area contributed by atoms with Crippen LogP contribution in [0, 0.1) is 0 Å². The number of rotatable bonds is 7. The highest BCUT2D eigenvalue weighted by molar-refractivity contribution is 6.25. The van der Waals surface area contributed by atoms with Gasteiger partial charge in [-0.3, -0.25) is 4.79 Å². The summed E-state index contributed by atoms with van der Waals surface area (Å²) >= 11 is 0. The van der Waals surface area contributed by atoms with Gasteiger partial charge in [0, 0.05) is 24.2 Å². The number of Topliss-reactive ketones (excluding diaryl/α,β-unsaturated/α-hetero) is 1. The molecule has 0 spiro atoms. The summed E-state index contributed by atoms with van der Waals surface area (Å²) in [6.07, 6.45) is 3.38. The number of carbonyl (C=O) groups is 2. The van der Waals surface area contributed by atoms with E-state index in [-0.39, 0.29) is 18.8 Å². The predicted molar refractivity (Wildman–Crippen MR) is 89.0 cm³/mol. The molecule has 0 N–H and O–H groups in total. The molecule has 1 aromatic rings. The second kappa shape index (κ2) is 6.69. The minimum Gasteiger partial charge on any atom is -0.497 e. The topological polar surface area (TPSA) is 55.8 Å². The summed E-state index contributed by atoms with van der Waals surface area (Å²) in [4.78, 5) is 27.5. The van der Waals surface area contributed by atoms with Crippen molar-refractivity contribution >= 4 is 17.4 Å². The van der Waals surface area contributed by atoms with Crippen LogP contribution >= 0.6 is 0 Å². The number of ether oxygens (including phenoxy) is 2. The summed E-state index contributed by atoms with van der Waals surface area (Å²) in [6, 6.07) is 5.19. The second-order valence-electron chi connectivity index (χ2n) is 5.19. The summed E-state index contributed by atoms with van der Waals surface area (Å²) in [7, 11) is 1.53. The molecule has 5 heteroatoms. The van der Waals surface area contributed by atoms with Crippen LogP contribution in [0.25, 0.3) is 0 Å². The highest BCUT2D eigenvalue weighted by atomic mass is 16.5. The molecule has 1 aliphatic heterocycles. The highest BCUT2D eigenvalue weighted by Gasteiger charge is 2.56. The van der Waals surface area contributed by atoms with Crippen molar-refractivity contribution in [3.05, 3.63) is 49.1 Å². The summed E-state index contributed by atoms with van der Waals surface area (Å²) in [5.74, 6) is -0.303. The zero-order chi connectivity index (χ0) is 17.0. The molecule has 1 atom stereocenters. The first-order valence-corrected chi connectivity index (χ1v) is 7.46. The van der Waals surface area contributed by atoms with Gasteiger partial charge >= 0.3 is 5.97 Å². The van der Waals surface area contributed by atoms with Crippen molar-refractivity contribution in [3.63, 3.8) is 0 Å². The molecule has 0 aliphatic carbocycles. The SMILES string of the molecule is C=CCN1c2ccc(OC)cc2C(=O)C1(CC=C)C(=O)OCC. The summed E-state index contributed by atoms with van der Waals surface area (Å²) in [5.41, 5.74) is -0.313. The van der Waals surface area contributed by atoms with Crippen molar-refractivity contribution in [1.82, 2.24) is 0 Å². The van der Waals surface area contributed by atoms with Gasteiger partial charge in [-0.1, -0.05) is 12.2 Å². The lowest BCUT2D eigenvalue weighted by atomic mass is 9.88. The fraction of sp³-hybridized carbons (Fsp3) is 0.333. The van der Waals surface area contributed by atoms with Crippen molar-refractivity contribution in [3.8, 4) is 5.75 Å². The van der Waals surface area contributed by atoms with Crippen LogP contribution in [0.5, 0.6) is 5.75 Å². The van der Waals surface area contributed by atoms with Gasteiger partial charge in [-0.2, -0.15) is 0 Å². The van der Waals surface area contributed by atoms with Crippen LogP contribution in [0.1, 0.15) is 23.7 Å². The van der Waals surface area contributed by atoms with Crippen LogP contribution in [0.15, 0.2) is 43.5 Å². The molecule has 1 aliphatic rings. The van der Waals surface area contributed by atoms with E-state index in [9.17, 15) is 9.59 Å². The lowest BCUT2D eigenvalue weighted by Crippen LogP contribution is -2.57. The fourth-order valence-corrected chi connectivity index (χ4v) is 2.94. The molecular weight excluding hydrogens is 294 g/mol. The van der Waals surface area contributed by atoms with Gasteiger partial charge in [0.2, 0.25) is 11.3 Å². The summed E-state index contributed by atoms with van der Waals surface area (Å²) in [5, 5.41) is 0. The van der Waals surface area contributed by atoms with Gasteiger partial charge < -0.3 is 14.4 Å². The molecule has 5 nitrogen and oxygen atoms in total. The third kappa shape index (κ3) is 2.52. The van der Waals surface area contributed by atoms with E-state index in [0.717, 1.165) is 0 Å². The van der Waals surface area contributed by atoms with Crippen LogP contribution in [0.3, 0.4) is 0 Å². The number of esters is 1. The van der Waals surface area contributed by atoms with Crippen molar-refractivity contribution in [2.45, 2.75) is 18.9 Å². The zero-order valence-corrected chi connectivity index (χ0v) is 13.5. The first-order chi connectivity index (χ1) is 11.1. The molecule has 1 unspecified atom stereocenters. The molecule has 0 radical (unpaired) electrons. The second-order valence-corrected chi connectivity index (χ2v) is 5.19. The van der Waals surface area contributed by atoms with Crippen LogP contribution in [-0.4, -0.2) is 37.6 Å². The van der Waals surface area contributed by atoms with Crippen molar-refractivity contribution in [2.24, 2.45) is 0 Å². The minimum absolute atomic E-state index is 0.162. The number of hydrogen-bond donors (Lipinski definition) is 0. The van der Waals surface area contributed by atoms with Crippen LogP contribution in [0.4, 0.5) is 5.69 Å². The van der Waals surface area contributed by atoms with E-state index >= 15 is 0 Å². The van der Waals surface area contributed by atoms with E-state index in [1.54, 1.807) is 42.2 Å². The molecule has 1 heterocycles. The Morgan fingerprint density at radius 3 is 2.65 bits per heavy atom. The Labute approximate surface area is 136 Å². The van der Waals surface area contributed by atoms with Gasteiger partial charge in [-0.15, -0.1) is 13.2 Å². The maximum Gasteiger partial charge on any atom is 0.340 e. The number of anilines is 1. The standard InChI is InChI=1S/C18H21NO4/c1-5-10-18(17(21)23-7-3)16(20)14-12-13(22-4)8-9-15(14)19(18)11-6-2/h5-6,8-9,12H,1-2,7,10-11H2,3-4H3. The lowest BCUT2D eigenvalue weighted by Gasteiger charge is -2.35. The van der Waals surface area contributed by atoms with E-state index in [0.29, 0.717) is 23.5 Å². The molecule has 122 valence electrons. The Morgan fingerprint density at radius 2 is 2.09 bits per heavy atom. The normalized spacial score (nSPS) is 19.2. The molecule has 0 bridgehead atoms. The Hall–Kier alpha value is -2.56. The average Bonchev–Trinajstić information content (AvgIpc) is 2.78. The summed E-state index contributed by atoms with van der Waals surface area (Å²) in [6.45, 7) is 9.69. The molecular formula is C18H21NO4. The third-order valence-electron chi connectivity index (χ3n) is 3.94. The quantitative estimate of drug-likeness (QED) is 0.440. The van der Waals surface area contributed by atoms with Crippen LogP contribution < -0.4 is 9.64 Å². The van der Waals surface area contributed by atoms with Crippen molar-refractivity contribution < 1.29 is 19.1 Å². The fourth-order valence-electron chi connectivity index (χ4n) is 2.94. The molecule has 0 fully saturated rings. The first kappa shape index (κ1) is 16.8. The molecule has 1 aromatic carbocycles.